The second kappa shape index (κ2) is 10.3. The van der Waals surface area contributed by atoms with Crippen molar-refractivity contribution >= 4 is 29.9 Å². The van der Waals surface area contributed by atoms with Gasteiger partial charge in [-0.3, -0.25) is 0 Å². The average Bonchev–Trinajstić information content (AvgIpc) is 3.16. The molecule has 0 aliphatic rings. The summed E-state index contributed by atoms with van der Waals surface area (Å²) >= 11 is 0. The Bertz CT molecular complexity index is 579. The number of hydrogen-bond donors (Lipinski definition) is 2. The molecular formula is C16H25IN4O2. The molecule has 6 nitrogen and oxygen atoms in total. The van der Waals surface area contributed by atoms with Crippen LogP contribution in [-0.2, 0) is 13.0 Å². The van der Waals surface area contributed by atoms with E-state index in [0.717, 1.165) is 42.7 Å². The third-order valence-electron chi connectivity index (χ3n) is 3.15. The Labute approximate surface area is 154 Å². The van der Waals surface area contributed by atoms with E-state index in [9.17, 15) is 0 Å². The highest BCUT2D eigenvalue weighted by atomic mass is 127. The minimum Gasteiger partial charge on any atom is -0.469 e. The van der Waals surface area contributed by atoms with Gasteiger partial charge in [0.2, 0.25) is 0 Å². The van der Waals surface area contributed by atoms with Gasteiger partial charge >= 0.3 is 0 Å². The minimum absolute atomic E-state index is 0. The van der Waals surface area contributed by atoms with Gasteiger partial charge in [0, 0.05) is 25.6 Å². The van der Waals surface area contributed by atoms with Crippen LogP contribution < -0.4 is 10.6 Å². The van der Waals surface area contributed by atoms with Crippen molar-refractivity contribution in [3.05, 3.63) is 41.7 Å². The molecule has 2 aromatic rings. The first kappa shape index (κ1) is 19.5. The van der Waals surface area contributed by atoms with E-state index in [1.165, 1.54) is 0 Å². The maximum Gasteiger partial charge on any atom is 0.191 e. The Morgan fingerprint density at radius 1 is 1.30 bits per heavy atom. The van der Waals surface area contributed by atoms with Crippen LogP contribution in [0.3, 0.4) is 0 Å². The Morgan fingerprint density at radius 2 is 2.13 bits per heavy atom. The second-order valence-corrected chi connectivity index (χ2v) is 5.32. The van der Waals surface area contributed by atoms with Crippen molar-refractivity contribution in [2.75, 3.05) is 13.1 Å². The summed E-state index contributed by atoms with van der Waals surface area (Å²) in [4.78, 5) is 4.51. The highest BCUT2D eigenvalue weighted by Crippen LogP contribution is 2.14. The summed E-state index contributed by atoms with van der Waals surface area (Å²) < 4.78 is 10.6. The number of furan rings is 1. The summed E-state index contributed by atoms with van der Waals surface area (Å²) in [6.45, 7) is 8.24. The molecule has 0 spiro atoms. The fraction of sp³-hybridized carbons (Fsp3) is 0.500. The Morgan fingerprint density at radius 3 is 2.74 bits per heavy atom. The minimum atomic E-state index is 0. The van der Waals surface area contributed by atoms with Crippen molar-refractivity contribution in [2.45, 2.75) is 39.7 Å². The van der Waals surface area contributed by atoms with Crippen LogP contribution in [0.4, 0.5) is 0 Å². The third-order valence-corrected chi connectivity index (χ3v) is 3.15. The van der Waals surface area contributed by atoms with Crippen molar-refractivity contribution < 1.29 is 8.94 Å². The van der Waals surface area contributed by atoms with Crippen molar-refractivity contribution in [1.29, 1.82) is 0 Å². The maximum absolute atomic E-state index is 5.31. The van der Waals surface area contributed by atoms with Crippen LogP contribution in [-0.4, -0.2) is 24.2 Å². The molecule has 0 aromatic carbocycles. The zero-order valence-corrected chi connectivity index (χ0v) is 16.2. The number of nitrogens with zero attached hydrogens (tertiary/aromatic N) is 2. The molecule has 128 valence electrons. The number of halogens is 1. The van der Waals surface area contributed by atoms with Crippen LogP contribution in [0.1, 0.15) is 43.9 Å². The maximum atomic E-state index is 5.31. The van der Waals surface area contributed by atoms with Gasteiger partial charge in [0.25, 0.3) is 0 Å². The summed E-state index contributed by atoms with van der Waals surface area (Å²) in [7, 11) is 0. The number of hydrogen-bond acceptors (Lipinski definition) is 4. The van der Waals surface area contributed by atoms with Crippen molar-refractivity contribution in [1.82, 2.24) is 15.8 Å². The smallest absolute Gasteiger partial charge is 0.191 e. The van der Waals surface area contributed by atoms with Gasteiger partial charge in [0.05, 0.1) is 12.0 Å². The third kappa shape index (κ3) is 6.64. The second-order valence-electron chi connectivity index (χ2n) is 5.32. The number of nitrogens with one attached hydrogen (secondary N) is 2. The molecule has 2 heterocycles. The highest BCUT2D eigenvalue weighted by molar-refractivity contribution is 14.0. The molecule has 7 heteroatoms. The van der Waals surface area contributed by atoms with E-state index in [4.69, 9.17) is 8.94 Å². The molecule has 2 aromatic heterocycles. The van der Waals surface area contributed by atoms with Crippen LogP contribution in [0, 0.1) is 0 Å². The Kier molecular flexibility index (Phi) is 8.75. The van der Waals surface area contributed by atoms with Crippen LogP contribution in [0.5, 0.6) is 0 Å². The van der Waals surface area contributed by atoms with Crippen molar-refractivity contribution in [2.24, 2.45) is 4.99 Å². The van der Waals surface area contributed by atoms with Crippen LogP contribution in [0.2, 0.25) is 0 Å². The fourth-order valence-corrected chi connectivity index (χ4v) is 1.93. The van der Waals surface area contributed by atoms with E-state index >= 15 is 0 Å². The van der Waals surface area contributed by atoms with Gasteiger partial charge in [-0.05, 0) is 25.0 Å². The van der Waals surface area contributed by atoms with E-state index in [1.807, 2.05) is 25.1 Å². The molecule has 0 aliphatic heterocycles. The van der Waals surface area contributed by atoms with E-state index < -0.39 is 0 Å². The molecule has 0 atom stereocenters. The molecule has 2 N–H and O–H groups in total. The number of aliphatic imine (C=N–C) groups is 1. The lowest BCUT2D eigenvalue weighted by atomic mass is 10.1. The fourth-order valence-electron chi connectivity index (χ4n) is 1.93. The van der Waals surface area contributed by atoms with Gasteiger partial charge in [-0.1, -0.05) is 19.0 Å². The number of aromatic nitrogens is 1. The lowest BCUT2D eigenvalue weighted by Gasteiger charge is -2.09. The molecule has 0 amide bonds. The molecular weight excluding hydrogens is 407 g/mol. The lowest BCUT2D eigenvalue weighted by Crippen LogP contribution is -2.38. The largest absolute Gasteiger partial charge is 0.469 e. The Balaban J connectivity index is 0.00000264. The van der Waals surface area contributed by atoms with E-state index in [-0.39, 0.29) is 24.0 Å². The van der Waals surface area contributed by atoms with Gasteiger partial charge in [-0.2, -0.15) is 0 Å². The summed E-state index contributed by atoms with van der Waals surface area (Å²) in [6, 6.07) is 5.82. The standard InChI is InChI=1S/C16H24N4O2.HI/c1-4-17-16(18-8-7-13-6-5-9-21-13)19-11-14-10-15(12(2)3)20-22-14;/h5-6,9-10,12H,4,7-8,11H2,1-3H3,(H2,17,18,19);1H. The van der Waals surface area contributed by atoms with Crippen LogP contribution in [0.25, 0.3) is 0 Å². The van der Waals surface area contributed by atoms with Crippen LogP contribution in [0.15, 0.2) is 38.4 Å². The molecule has 0 bridgehead atoms. The first-order valence-electron chi connectivity index (χ1n) is 7.69. The first-order valence-corrected chi connectivity index (χ1v) is 7.69. The van der Waals surface area contributed by atoms with E-state index in [2.05, 4.69) is 34.6 Å². The monoisotopic (exact) mass is 432 g/mol. The predicted molar refractivity (Wildman–Crippen MR) is 101 cm³/mol. The van der Waals surface area contributed by atoms with E-state index in [0.29, 0.717) is 12.5 Å². The van der Waals surface area contributed by atoms with Gasteiger partial charge in [-0.25, -0.2) is 4.99 Å². The zero-order valence-electron chi connectivity index (χ0n) is 13.8. The Hall–Kier alpha value is -1.51. The quantitative estimate of drug-likeness (QED) is 0.399. The molecule has 2 rings (SSSR count). The van der Waals surface area contributed by atoms with E-state index in [1.54, 1.807) is 6.26 Å². The normalized spacial score (nSPS) is 11.4. The SMILES string of the molecule is CCNC(=NCc1cc(C(C)C)no1)NCCc1ccco1.I. The topological polar surface area (TPSA) is 75.6 Å². The lowest BCUT2D eigenvalue weighted by molar-refractivity contribution is 0.376. The number of rotatable bonds is 7. The molecule has 0 saturated carbocycles. The van der Waals surface area contributed by atoms with Crippen molar-refractivity contribution in [3.8, 4) is 0 Å². The van der Waals surface area contributed by atoms with Gasteiger partial charge in [-0.15, -0.1) is 24.0 Å². The molecule has 0 aliphatic carbocycles. The molecule has 0 unspecified atom stereocenters. The molecule has 0 fully saturated rings. The van der Waals surface area contributed by atoms with Crippen molar-refractivity contribution in [3.63, 3.8) is 0 Å². The summed E-state index contributed by atoms with van der Waals surface area (Å²) in [5, 5.41) is 10.5. The molecule has 0 saturated heterocycles. The summed E-state index contributed by atoms with van der Waals surface area (Å²) in [5.74, 6) is 2.85. The predicted octanol–water partition coefficient (Wildman–Crippen LogP) is 3.31. The zero-order chi connectivity index (χ0) is 15.8. The van der Waals surface area contributed by atoms with Gasteiger partial charge in [0.15, 0.2) is 11.7 Å². The number of guanidine groups is 1. The summed E-state index contributed by atoms with van der Waals surface area (Å²) in [6.07, 6.45) is 2.50. The van der Waals surface area contributed by atoms with Gasteiger partial charge in [0.1, 0.15) is 12.3 Å². The molecule has 0 radical (unpaired) electrons. The van der Waals surface area contributed by atoms with Crippen LogP contribution >= 0.6 is 24.0 Å². The van der Waals surface area contributed by atoms with Gasteiger partial charge < -0.3 is 19.6 Å². The average molecular weight is 432 g/mol. The highest BCUT2D eigenvalue weighted by Gasteiger charge is 2.07. The first-order chi connectivity index (χ1) is 10.7. The summed E-state index contributed by atoms with van der Waals surface area (Å²) in [5.41, 5.74) is 0.959. The molecule has 23 heavy (non-hydrogen) atoms.